The van der Waals surface area contributed by atoms with Crippen LogP contribution >= 0.6 is 0 Å². The highest BCUT2D eigenvalue weighted by atomic mass is 32.2. The number of nitrogens with two attached hydrogens (primary N) is 1. The average Bonchev–Trinajstić information content (AvgIpc) is 2.64. The number of nitro benzene ring substituents is 1. The van der Waals surface area contributed by atoms with Gasteiger partial charge in [-0.25, -0.2) is 0 Å². The second-order valence-electron chi connectivity index (χ2n) is 4.79. The molecule has 0 atom stereocenters. The molecule has 8 heteroatoms. The van der Waals surface area contributed by atoms with Gasteiger partial charge in [-0.1, -0.05) is 54.6 Å². The maximum absolute atomic E-state index is 10.4. The highest BCUT2D eigenvalue weighted by molar-refractivity contribution is 7.85. The molecule has 26 heavy (non-hydrogen) atoms. The predicted molar refractivity (Wildman–Crippen MR) is 100 cm³/mol. The van der Waals surface area contributed by atoms with Gasteiger partial charge in [0, 0.05) is 17.8 Å². The molecule has 0 unspecified atom stereocenters. The van der Waals surface area contributed by atoms with E-state index in [9.17, 15) is 18.5 Å². The Balaban J connectivity index is 0.000000198. The Morgan fingerprint density at radius 3 is 1.38 bits per heavy atom. The van der Waals surface area contributed by atoms with Crippen LogP contribution < -0.4 is 5.73 Å². The lowest BCUT2D eigenvalue weighted by molar-refractivity contribution is -0.384. The number of hydrogen-bond acceptors (Lipinski definition) is 5. The fraction of sp³-hybridized carbons (Fsp3) is 0. The first-order chi connectivity index (χ1) is 12.3. The summed E-state index contributed by atoms with van der Waals surface area (Å²) in [7, 11) is -4.00. The van der Waals surface area contributed by atoms with Crippen LogP contribution in [0.5, 0.6) is 0 Å². The Kier molecular flexibility index (Phi) is 8.48. The quantitative estimate of drug-likeness (QED) is 0.304. The third-order valence-electron chi connectivity index (χ3n) is 2.81. The molecular formula is C18H18N2O5S. The molecular weight excluding hydrogens is 356 g/mol. The van der Waals surface area contributed by atoms with Crippen LogP contribution in [0, 0.1) is 10.1 Å². The van der Waals surface area contributed by atoms with E-state index < -0.39 is 15.0 Å². The molecule has 0 aromatic heterocycles. The number of nitro groups is 1. The minimum Gasteiger partial charge on any atom is -0.399 e. The molecule has 0 aliphatic heterocycles. The van der Waals surface area contributed by atoms with Crippen LogP contribution in [-0.2, 0) is 10.1 Å². The normalized spacial score (nSPS) is 9.73. The van der Waals surface area contributed by atoms with Crippen molar-refractivity contribution in [2.24, 2.45) is 0 Å². The van der Waals surface area contributed by atoms with Crippen LogP contribution in [0.2, 0.25) is 0 Å². The van der Waals surface area contributed by atoms with Gasteiger partial charge in [-0.2, -0.15) is 8.42 Å². The SMILES string of the molecule is Nc1ccccc1.O=S(=O)(O)c1ccccc1.O=[N+]([O-])c1ccccc1. The molecule has 0 aliphatic carbocycles. The zero-order valence-corrected chi connectivity index (χ0v) is 14.5. The maximum Gasteiger partial charge on any atom is 0.294 e. The lowest BCUT2D eigenvalue weighted by Gasteiger charge is -1.92. The van der Waals surface area contributed by atoms with Gasteiger partial charge >= 0.3 is 0 Å². The van der Waals surface area contributed by atoms with Crippen LogP contribution in [0.25, 0.3) is 0 Å². The third-order valence-corrected chi connectivity index (χ3v) is 3.68. The molecule has 3 rings (SSSR count). The summed E-state index contributed by atoms with van der Waals surface area (Å²) in [5.41, 5.74) is 6.32. The first kappa shape index (κ1) is 20.8. The molecule has 0 aliphatic rings. The van der Waals surface area contributed by atoms with Gasteiger partial charge in [0.1, 0.15) is 0 Å². The third kappa shape index (κ3) is 8.57. The number of non-ortho nitro benzene ring substituents is 1. The van der Waals surface area contributed by atoms with Crippen molar-refractivity contribution in [3.63, 3.8) is 0 Å². The van der Waals surface area contributed by atoms with E-state index >= 15 is 0 Å². The van der Waals surface area contributed by atoms with Gasteiger partial charge < -0.3 is 5.73 Å². The summed E-state index contributed by atoms with van der Waals surface area (Å²) >= 11 is 0. The van der Waals surface area contributed by atoms with Gasteiger partial charge in [-0.15, -0.1) is 0 Å². The summed E-state index contributed by atoms with van der Waals surface area (Å²) in [6.07, 6.45) is 0. The average molecular weight is 374 g/mol. The van der Waals surface area contributed by atoms with Crippen molar-refractivity contribution in [1.82, 2.24) is 0 Å². The Morgan fingerprint density at radius 1 is 0.769 bits per heavy atom. The van der Waals surface area contributed by atoms with Gasteiger partial charge in [0.2, 0.25) is 0 Å². The first-order valence-corrected chi connectivity index (χ1v) is 8.77. The molecule has 0 spiro atoms. The van der Waals surface area contributed by atoms with Gasteiger partial charge in [0.15, 0.2) is 0 Å². The maximum atomic E-state index is 10.4. The molecule has 136 valence electrons. The molecule has 0 heterocycles. The number of anilines is 1. The highest BCUT2D eigenvalue weighted by Crippen LogP contribution is 2.07. The standard InChI is InChI=1S/C6H5NO2.C6H7N.C6H6O3S/c8-7(9)6-4-2-1-3-5-6;7-6-4-2-1-3-5-6;7-10(8,9)6-4-2-1-3-5-6/h1-5H;1-5H,7H2;1-5H,(H,7,8,9). The fourth-order valence-electron chi connectivity index (χ4n) is 1.60. The largest absolute Gasteiger partial charge is 0.399 e. The number of benzene rings is 3. The van der Waals surface area contributed by atoms with Crippen molar-refractivity contribution >= 4 is 21.5 Å². The van der Waals surface area contributed by atoms with E-state index in [0.717, 1.165) is 5.69 Å². The molecule has 0 fully saturated rings. The van der Waals surface area contributed by atoms with Gasteiger partial charge in [-0.05, 0) is 24.3 Å². The molecule has 3 aromatic rings. The van der Waals surface area contributed by atoms with Gasteiger partial charge in [-0.3, -0.25) is 14.7 Å². The highest BCUT2D eigenvalue weighted by Gasteiger charge is 2.05. The number of nitrogens with zero attached hydrogens (tertiary/aromatic N) is 1. The summed E-state index contributed by atoms with van der Waals surface area (Å²) in [5, 5.41) is 10.0. The Hall–Kier alpha value is -3.23. The van der Waals surface area contributed by atoms with Crippen molar-refractivity contribution in [1.29, 1.82) is 0 Å². The van der Waals surface area contributed by atoms with Crippen LogP contribution in [0.4, 0.5) is 11.4 Å². The Bertz CT molecular complexity index is 887. The fourth-order valence-corrected chi connectivity index (χ4v) is 2.10. The second-order valence-corrected chi connectivity index (χ2v) is 6.21. The molecule has 0 radical (unpaired) electrons. The summed E-state index contributed by atoms with van der Waals surface area (Å²) < 4.78 is 29.2. The zero-order chi connectivity index (χ0) is 19.4. The van der Waals surface area contributed by atoms with Gasteiger partial charge in [0.25, 0.3) is 15.8 Å². The number of hydrogen-bond donors (Lipinski definition) is 2. The zero-order valence-electron chi connectivity index (χ0n) is 13.7. The molecule has 3 N–H and O–H groups in total. The topological polar surface area (TPSA) is 124 Å². The second kappa shape index (κ2) is 10.6. The summed E-state index contributed by atoms with van der Waals surface area (Å²) in [6.45, 7) is 0. The van der Waals surface area contributed by atoms with E-state index in [4.69, 9.17) is 10.3 Å². The molecule has 0 amide bonds. The van der Waals surface area contributed by atoms with E-state index in [2.05, 4.69) is 0 Å². The number of nitrogen functional groups attached to an aromatic ring is 1. The summed E-state index contributed by atoms with van der Waals surface area (Å²) in [5.74, 6) is 0. The number of rotatable bonds is 2. The van der Waals surface area contributed by atoms with Crippen LogP contribution in [0.15, 0.2) is 95.9 Å². The predicted octanol–water partition coefficient (Wildman–Crippen LogP) is 3.80. The van der Waals surface area contributed by atoms with E-state index in [1.54, 1.807) is 36.4 Å². The van der Waals surface area contributed by atoms with E-state index in [1.807, 2.05) is 30.3 Å². The summed E-state index contributed by atoms with van der Waals surface area (Å²) in [6, 6.07) is 24.8. The van der Waals surface area contributed by atoms with Crippen LogP contribution in [-0.4, -0.2) is 17.9 Å². The summed E-state index contributed by atoms with van der Waals surface area (Å²) in [4.78, 5) is 9.52. The lowest BCUT2D eigenvalue weighted by Crippen LogP contribution is -1.96. The minimum absolute atomic E-state index is 0.0741. The molecule has 0 bridgehead atoms. The minimum atomic E-state index is -4.00. The molecule has 3 aromatic carbocycles. The van der Waals surface area contributed by atoms with E-state index in [1.165, 1.54) is 24.3 Å². The Labute approximate surface area is 151 Å². The van der Waals surface area contributed by atoms with Crippen molar-refractivity contribution in [3.05, 3.63) is 101 Å². The molecule has 0 saturated heterocycles. The van der Waals surface area contributed by atoms with Gasteiger partial charge in [0.05, 0.1) is 9.82 Å². The Morgan fingerprint density at radius 2 is 1.15 bits per heavy atom. The van der Waals surface area contributed by atoms with Crippen LogP contribution in [0.3, 0.4) is 0 Å². The molecule has 0 saturated carbocycles. The number of para-hydroxylation sites is 2. The van der Waals surface area contributed by atoms with E-state index in [-0.39, 0.29) is 10.6 Å². The monoisotopic (exact) mass is 374 g/mol. The van der Waals surface area contributed by atoms with Crippen molar-refractivity contribution < 1.29 is 17.9 Å². The van der Waals surface area contributed by atoms with E-state index in [0.29, 0.717) is 0 Å². The van der Waals surface area contributed by atoms with Crippen molar-refractivity contribution in [2.75, 3.05) is 5.73 Å². The first-order valence-electron chi connectivity index (χ1n) is 7.33. The van der Waals surface area contributed by atoms with Crippen molar-refractivity contribution in [3.8, 4) is 0 Å². The molecule has 7 nitrogen and oxygen atoms in total. The van der Waals surface area contributed by atoms with Crippen LogP contribution in [0.1, 0.15) is 0 Å². The lowest BCUT2D eigenvalue weighted by atomic mass is 10.3. The van der Waals surface area contributed by atoms with Crippen molar-refractivity contribution in [2.45, 2.75) is 4.90 Å². The smallest absolute Gasteiger partial charge is 0.294 e.